The van der Waals surface area contributed by atoms with Gasteiger partial charge in [0.05, 0.1) is 13.1 Å². The van der Waals surface area contributed by atoms with Crippen molar-refractivity contribution in [3.05, 3.63) is 34.3 Å². The van der Waals surface area contributed by atoms with Crippen molar-refractivity contribution >= 4 is 33.7 Å². The molecule has 0 bridgehead atoms. The average Bonchev–Trinajstić information content (AvgIpc) is 3.12. The third-order valence-corrected chi connectivity index (χ3v) is 4.95. The molecule has 2 rings (SSSR count). The first-order valence-electron chi connectivity index (χ1n) is 9.16. The predicted molar refractivity (Wildman–Crippen MR) is 110 cm³/mol. The summed E-state index contributed by atoms with van der Waals surface area (Å²) in [6, 6.07) is 8.10. The first kappa shape index (κ1) is 21.2. The molecule has 7 nitrogen and oxygen atoms in total. The second-order valence-corrected chi connectivity index (χ2v) is 7.67. The van der Waals surface area contributed by atoms with Gasteiger partial charge in [0.25, 0.3) is 0 Å². The summed E-state index contributed by atoms with van der Waals surface area (Å²) >= 11 is 3.43. The van der Waals surface area contributed by atoms with Crippen molar-refractivity contribution in [1.29, 1.82) is 0 Å². The van der Waals surface area contributed by atoms with Crippen molar-refractivity contribution in [2.45, 2.75) is 32.4 Å². The lowest BCUT2D eigenvalue weighted by Gasteiger charge is -2.19. The summed E-state index contributed by atoms with van der Waals surface area (Å²) < 4.78 is 1.02. The van der Waals surface area contributed by atoms with Crippen LogP contribution in [0.3, 0.4) is 0 Å². The van der Waals surface area contributed by atoms with Gasteiger partial charge in [-0.2, -0.15) is 0 Å². The Balaban J connectivity index is 2.00. The number of guanidine groups is 1. The number of carbonyl (C=O) groups excluding carboxylic acids is 2. The zero-order valence-electron chi connectivity index (χ0n) is 16.2. The van der Waals surface area contributed by atoms with Crippen molar-refractivity contribution in [2.75, 3.05) is 33.7 Å². The van der Waals surface area contributed by atoms with Crippen molar-refractivity contribution in [2.24, 2.45) is 4.99 Å². The standard InChI is InChI=1S/C19H28BrN5O2/c1-4-17(26)25-10-9-16(13-25)23-19(22-12-18(27)24(2)3)21-11-14-5-7-15(20)8-6-14/h5-8,16H,4,9-13H2,1-3H3,(H2,21,22,23). The average molecular weight is 438 g/mol. The van der Waals surface area contributed by atoms with E-state index in [9.17, 15) is 9.59 Å². The number of nitrogens with zero attached hydrogens (tertiary/aromatic N) is 3. The third-order valence-electron chi connectivity index (χ3n) is 4.42. The Labute approximate surface area is 169 Å². The highest BCUT2D eigenvalue weighted by atomic mass is 79.9. The fraction of sp³-hybridized carbons (Fsp3) is 0.526. The highest BCUT2D eigenvalue weighted by Crippen LogP contribution is 2.12. The van der Waals surface area contributed by atoms with Gasteiger partial charge in [-0.1, -0.05) is 35.0 Å². The highest BCUT2D eigenvalue weighted by molar-refractivity contribution is 9.10. The molecule has 0 saturated carbocycles. The summed E-state index contributed by atoms with van der Waals surface area (Å²) in [5.74, 6) is 0.731. The van der Waals surface area contributed by atoms with Crippen molar-refractivity contribution in [3.8, 4) is 0 Å². The largest absolute Gasteiger partial charge is 0.352 e. The molecule has 27 heavy (non-hydrogen) atoms. The van der Waals surface area contributed by atoms with Gasteiger partial charge >= 0.3 is 0 Å². The Hall–Kier alpha value is -2.09. The van der Waals surface area contributed by atoms with Crippen LogP contribution in [0, 0.1) is 0 Å². The van der Waals surface area contributed by atoms with Crippen LogP contribution in [-0.4, -0.2) is 67.3 Å². The number of hydrogen-bond donors (Lipinski definition) is 2. The molecule has 8 heteroatoms. The first-order valence-corrected chi connectivity index (χ1v) is 9.95. The molecule has 1 aliphatic heterocycles. The van der Waals surface area contributed by atoms with E-state index in [1.807, 2.05) is 36.1 Å². The number of hydrogen-bond acceptors (Lipinski definition) is 3. The SMILES string of the molecule is CCC(=O)N1CCC(NC(=NCc2ccc(Br)cc2)NCC(=O)N(C)C)C1. The quantitative estimate of drug-likeness (QED) is 0.523. The molecule has 1 fully saturated rings. The summed E-state index contributed by atoms with van der Waals surface area (Å²) in [4.78, 5) is 31.8. The van der Waals surface area contributed by atoms with Gasteiger partial charge in [0.15, 0.2) is 5.96 Å². The zero-order chi connectivity index (χ0) is 19.8. The van der Waals surface area contributed by atoms with Gasteiger partial charge in [-0.25, -0.2) is 4.99 Å². The van der Waals surface area contributed by atoms with Crippen LogP contribution in [0.25, 0.3) is 0 Å². The lowest BCUT2D eigenvalue weighted by Crippen LogP contribution is -2.47. The third kappa shape index (κ3) is 6.86. The Morgan fingerprint density at radius 1 is 1.30 bits per heavy atom. The highest BCUT2D eigenvalue weighted by Gasteiger charge is 2.26. The molecule has 0 spiro atoms. The van der Waals surface area contributed by atoms with E-state index in [1.165, 1.54) is 4.90 Å². The molecule has 1 aliphatic rings. The number of nitrogens with one attached hydrogen (secondary N) is 2. The maximum absolute atomic E-state index is 11.9. The Bertz CT molecular complexity index is 675. The molecule has 1 atom stereocenters. The molecule has 0 radical (unpaired) electrons. The number of aliphatic imine (C=N–C) groups is 1. The van der Waals surface area contributed by atoms with Gasteiger partial charge in [-0.15, -0.1) is 0 Å². The van der Waals surface area contributed by atoms with Gasteiger partial charge in [0.2, 0.25) is 11.8 Å². The maximum atomic E-state index is 11.9. The summed E-state index contributed by atoms with van der Waals surface area (Å²) in [6.07, 6.45) is 1.39. The van der Waals surface area contributed by atoms with Crippen LogP contribution in [-0.2, 0) is 16.1 Å². The topological polar surface area (TPSA) is 77.0 Å². The Kier molecular flexibility index (Phi) is 8.09. The fourth-order valence-electron chi connectivity index (χ4n) is 2.75. The van der Waals surface area contributed by atoms with E-state index in [-0.39, 0.29) is 24.4 Å². The van der Waals surface area contributed by atoms with Gasteiger partial charge < -0.3 is 20.4 Å². The van der Waals surface area contributed by atoms with Crippen LogP contribution in [0.5, 0.6) is 0 Å². The molecule has 0 aromatic heterocycles. The van der Waals surface area contributed by atoms with Crippen LogP contribution in [0.2, 0.25) is 0 Å². The van der Waals surface area contributed by atoms with Crippen molar-refractivity contribution in [3.63, 3.8) is 0 Å². The molecule has 148 valence electrons. The smallest absolute Gasteiger partial charge is 0.241 e. The van der Waals surface area contributed by atoms with Crippen LogP contribution >= 0.6 is 15.9 Å². The Morgan fingerprint density at radius 3 is 2.63 bits per heavy atom. The summed E-state index contributed by atoms with van der Waals surface area (Å²) in [6.45, 7) is 3.96. The lowest BCUT2D eigenvalue weighted by atomic mass is 10.2. The number of carbonyl (C=O) groups is 2. The molecule has 1 unspecified atom stereocenters. The number of amides is 2. The van der Waals surface area contributed by atoms with E-state index < -0.39 is 0 Å². The van der Waals surface area contributed by atoms with Gasteiger partial charge in [-0.05, 0) is 24.1 Å². The minimum absolute atomic E-state index is 0.0256. The Morgan fingerprint density at radius 2 is 2.00 bits per heavy atom. The van der Waals surface area contributed by atoms with E-state index in [4.69, 9.17) is 0 Å². The summed E-state index contributed by atoms with van der Waals surface area (Å²) in [5.41, 5.74) is 1.08. The first-order chi connectivity index (χ1) is 12.9. The molecule has 2 amide bonds. The van der Waals surface area contributed by atoms with Crippen LogP contribution in [0.4, 0.5) is 0 Å². The minimum Gasteiger partial charge on any atom is -0.352 e. The number of likely N-dealkylation sites (tertiary alicyclic amines) is 1. The molecule has 1 aromatic carbocycles. The van der Waals surface area contributed by atoms with Crippen molar-refractivity contribution < 1.29 is 9.59 Å². The molecule has 1 aromatic rings. The second kappa shape index (κ2) is 10.3. The fourth-order valence-corrected chi connectivity index (χ4v) is 3.02. The van der Waals surface area contributed by atoms with Crippen LogP contribution in [0.1, 0.15) is 25.3 Å². The normalized spacial score (nSPS) is 17.0. The van der Waals surface area contributed by atoms with Gasteiger partial charge in [0.1, 0.15) is 0 Å². The van der Waals surface area contributed by atoms with E-state index in [2.05, 4.69) is 31.6 Å². The summed E-state index contributed by atoms with van der Waals surface area (Å²) in [7, 11) is 3.45. The van der Waals surface area contributed by atoms with Gasteiger partial charge in [0, 0.05) is 44.1 Å². The number of benzene rings is 1. The van der Waals surface area contributed by atoms with E-state index in [0.29, 0.717) is 25.5 Å². The van der Waals surface area contributed by atoms with E-state index in [0.717, 1.165) is 23.0 Å². The minimum atomic E-state index is -0.0256. The molecular formula is C19H28BrN5O2. The maximum Gasteiger partial charge on any atom is 0.241 e. The monoisotopic (exact) mass is 437 g/mol. The lowest BCUT2D eigenvalue weighted by molar-refractivity contribution is -0.130. The number of halogens is 1. The molecular weight excluding hydrogens is 410 g/mol. The molecule has 1 heterocycles. The molecule has 2 N–H and O–H groups in total. The zero-order valence-corrected chi connectivity index (χ0v) is 17.8. The van der Waals surface area contributed by atoms with Crippen molar-refractivity contribution in [1.82, 2.24) is 20.4 Å². The predicted octanol–water partition coefficient (Wildman–Crippen LogP) is 1.58. The molecule has 1 saturated heterocycles. The molecule has 0 aliphatic carbocycles. The number of likely N-dealkylation sites (N-methyl/N-ethyl adjacent to an activating group) is 1. The van der Waals surface area contributed by atoms with Gasteiger partial charge in [-0.3, -0.25) is 9.59 Å². The second-order valence-electron chi connectivity index (χ2n) is 6.76. The van der Waals surface area contributed by atoms with E-state index >= 15 is 0 Å². The number of rotatable bonds is 6. The summed E-state index contributed by atoms with van der Waals surface area (Å²) in [5, 5.41) is 6.47. The van der Waals surface area contributed by atoms with Crippen LogP contribution < -0.4 is 10.6 Å². The van der Waals surface area contributed by atoms with E-state index in [1.54, 1.807) is 14.1 Å². The van der Waals surface area contributed by atoms with Crippen LogP contribution in [0.15, 0.2) is 33.7 Å².